The zero-order valence-corrected chi connectivity index (χ0v) is 10.2. The summed E-state index contributed by atoms with van der Waals surface area (Å²) in [4.78, 5) is 19.7. The van der Waals surface area contributed by atoms with E-state index in [1.54, 1.807) is 13.8 Å². The Morgan fingerprint density at radius 2 is 2.41 bits per heavy atom. The fraction of sp³-hybridized carbons (Fsp3) is 0.417. The van der Waals surface area contributed by atoms with Crippen molar-refractivity contribution in [3.8, 4) is 0 Å². The van der Waals surface area contributed by atoms with Crippen LogP contribution < -0.4 is 5.32 Å². The summed E-state index contributed by atoms with van der Waals surface area (Å²) < 4.78 is 4.89. The van der Waals surface area contributed by atoms with Crippen LogP contribution in [0.2, 0.25) is 0 Å². The molecule has 5 heteroatoms. The minimum atomic E-state index is -0.386. The molecule has 1 aromatic heterocycles. The number of esters is 1. The van der Waals surface area contributed by atoms with E-state index >= 15 is 0 Å². The Bertz CT molecular complexity index is 405. The van der Waals surface area contributed by atoms with E-state index in [2.05, 4.69) is 21.9 Å². The monoisotopic (exact) mass is 235 g/mol. The van der Waals surface area contributed by atoms with Gasteiger partial charge in [0.05, 0.1) is 17.9 Å². The van der Waals surface area contributed by atoms with Gasteiger partial charge in [0.1, 0.15) is 0 Å². The Labute approximate surface area is 101 Å². The molecule has 1 heterocycles. The number of ether oxygens (including phenoxy) is 1. The molecule has 0 spiro atoms. The predicted molar refractivity (Wildman–Crippen MR) is 66.0 cm³/mol. The third-order valence-corrected chi connectivity index (χ3v) is 2.11. The number of carbonyl (C=O) groups is 1. The number of aromatic nitrogens is 2. The SMILES string of the molecule is C=CCCNc1ncc(C(=O)OCC)c(C)n1. The second kappa shape index (κ2) is 6.62. The fourth-order valence-corrected chi connectivity index (χ4v) is 1.25. The molecule has 0 radical (unpaired) electrons. The highest BCUT2D eigenvalue weighted by Crippen LogP contribution is 2.08. The van der Waals surface area contributed by atoms with Gasteiger partial charge in [0, 0.05) is 12.7 Å². The van der Waals surface area contributed by atoms with Crippen LogP contribution in [0.25, 0.3) is 0 Å². The lowest BCUT2D eigenvalue weighted by Crippen LogP contribution is -2.11. The van der Waals surface area contributed by atoms with Crippen molar-refractivity contribution in [3.05, 3.63) is 30.1 Å². The first-order valence-electron chi connectivity index (χ1n) is 5.54. The summed E-state index contributed by atoms with van der Waals surface area (Å²) >= 11 is 0. The highest BCUT2D eigenvalue weighted by Gasteiger charge is 2.12. The van der Waals surface area contributed by atoms with E-state index in [9.17, 15) is 4.79 Å². The smallest absolute Gasteiger partial charge is 0.341 e. The van der Waals surface area contributed by atoms with Crippen LogP contribution in [0.3, 0.4) is 0 Å². The summed E-state index contributed by atoms with van der Waals surface area (Å²) in [6, 6.07) is 0. The van der Waals surface area contributed by atoms with Gasteiger partial charge >= 0.3 is 5.97 Å². The summed E-state index contributed by atoms with van der Waals surface area (Å²) in [6.07, 6.45) is 4.13. The van der Waals surface area contributed by atoms with Gasteiger partial charge in [0.25, 0.3) is 0 Å². The molecule has 0 fully saturated rings. The number of nitrogens with one attached hydrogen (secondary N) is 1. The van der Waals surface area contributed by atoms with Gasteiger partial charge in [-0.2, -0.15) is 0 Å². The molecule has 92 valence electrons. The molecule has 0 aliphatic carbocycles. The first kappa shape index (κ1) is 13.2. The number of rotatable bonds is 6. The summed E-state index contributed by atoms with van der Waals surface area (Å²) in [7, 11) is 0. The number of carbonyl (C=O) groups excluding carboxylic acids is 1. The zero-order valence-electron chi connectivity index (χ0n) is 10.2. The number of anilines is 1. The van der Waals surface area contributed by atoms with Gasteiger partial charge in [0.15, 0.2) is 0 Å². The first-order chi connectivity index (χ1) is 8.19. The third kappa shape index (κ3) is 3.86. The maximum Gasteiger partial charge on any atom is 0.341 e. The summed E-state index contributed by atoms with van der Waals surface area (Å²) in [5.74, 6) is 0.125. The Morgan fingerprint density at radius 3 is 3.00 bits per heavy atom. The van der Waals surface area contributed by atoms with Crippen LogP contribution in [0.15, 0.2) is 18.9 Å². The summed E-state index contributed by atoms with van der Waals surface area (Å²) in [5.41, 5.74) is 1.01. The Morgan fingerprint density at radius 1 is 1.65 bits per heavy atom. The lowest BCUT2D eigenvalue weighted by Gasteiger charge is -2.07. The van der Waals surface area contributed by atoms with E-state index in [0.717, 1.165) is 13.0 Å². The topological polar surface area (TPSA) is 64.1 Å². The lowest BCUT2D eigenvalue weighted by atomic mass is 10.2. The van der Waals surface area contributed by atoms with Crippen molar-refractivity contribution in [1.82, 2.24) is 9.97 Å². The van der Waals surface area contributed by atoms with E-state index in [4.69, 9.17) is 4.74 Å². The largest absolute Gasteiger partial charge is 0.462 e. The van der Waals surface area contributed by atoms with E-state index in [-0.39, 0.29) is 5.97 Å². The summed E-state index contributed by atoms with van der Waals surface area (Å²) in [5, 5.41) is 3.04. The van der Waals surface area contributed by atoms with Crippen molar-refractivity contribution in [2.45, 2.75) is 20.3 Å². The van der Waals surface area contributed by atoms with Crippen molar-refractivity contribution >= 4 is 11.9 Å². The van der Waals surface area contributed by atoms with Crippen LogP contribution >= 0.6 is 0 Å². The average Bonchev–Trinajstić information content (AvgIpc) is 2.29. The molecule has 0 saturated carbocycles. The van der Waals surface area contributed by atoms with E-state index in [1.807, 2.05) is 6.08 Å². The molecule has 0 aliphatic rings. The van der Waals surface area contributed by atoms with Gasteiger partial charge in [0.2, 0.25) is 5.95 Å². The van der Waals surface area contributed by atoms with Gasteiger partial charge < -0.3 is 10.1 Å². The van der Waals surface area contributed by atoms with Crippen molar-refractivity contribution in [2.75, 3.05) is 18.5 Å². The maximum atomic E-state index is 11.5. The molecule has 0 unspecified atom stereocenters. The van der Waals surface area contributed by atoms with E-state index < -0.39 is 0 Å². The van der Waals surface area contributed by atoms with Gasteiger partial charge in [-0.25, -0.2) is 14.8 Å². The zero-order chi connectivity index (χ0) is 12.7. The van der Waals surface area contributed by atoms with Gasteiger partial charge in [-0.15, -0.1) is 6.58 Å². The maximum absolute atomic E-state index is 11.5. The van der Waals surface area contributed by atoms with Gasteiger partial charge in [-0.3, -0.25) is 0 Å². The quantitative estimate of drug-likeness (QED) is 0.464. The molecule has 0 bridgehead atoms. The highest BCUT2D eigenvalue weighted by molar-refractivity contribution is 5.90. The molecular formula is C12H17N3O2. The minimum Gasteiger partial charge on any atom is -0.462 e. The average molecular weight is 235 g/mol. The van der Waals surface area contributed by atoms with Crippen LogP contribution in [-0.2, 0) is 4.74 Å². The van der Waals surface area contributed by atoms with Crippen LogP contribution in [0.5, 0.6) is 0 Å². The van der Waals surface area contributed by atoms with Crippen LogP contribution in [0.4, 0.5) is 5.95 Å². The molecule has 1 N–H and O–H groups in total. The van der Waals surface area contributed by atoms with Crippen molar-refractivity contribution in [2.24, 2.45) is 0 Å². The molecule has 1 aromatic rings. The third-order valence-electron chi connectivity index (χ3n) is 2.11. The van der Waals surface area contributed by atoms with Crippen molar-refractivity contribution in [3.63, 3.8) is 0 Å². The molecule has 5 nitrogen and oxygen atoms in total. The lowest BCUT2D eigenvalue weighted by molar-refractivity contribution is 0.0524. The normalized spacial score (nSPS) is 9.76. The number of hydrogen-bond acceptors (Lipinski definition) is 5. The molecule has 17 heavy (non-hydrogen) atoms. The molecule has 0 saturated heterocycles. The van der Waals surface area contributed by atoms with E-state index in [1.165, 1.54) is 6.20 Å². The van der Waals surface area contributed by atoms with Crippen LogP contribution in [-0.4, -0.2) is 29.1 Å². The van der Waals surface area contributed by atoms with Crippen molar-refractivity contribution in [1.29, 1.82) is 0 Å². The molecule has 0 aliphatic heterocycles. The molecular weight excluding hydrogens is 218 g/mol. The van der Waals surface area contributed by atoms with Crippen LogP contribution in [0.1, 0.15) is 29.4 Å². The number of nitrogens with zero attached hydrogens (tertiary/aromatic N) is 2. The summed E-state index contributed by atoms with van der Waals surface area (Å²) in [6.45, 7) is 8.21. The number of aryl methyl sites for hydroxylation is 1. The van der Waals surface area contributed by atoms with Crippen molar-refractivity contribution < 1.29 is 9.53 Å². The van der Waals surface area contributed by atoms with E-state index in [0.29, 0.717) is 23.8 Å². The second-order valence-corrected chi connectivity index (χ2v) is 3.42. The number of hydrogen-bond donors (Lipinski definition) is 1. The Balaban J connectivity index is 2.71. The Hall–Kier alpha value is -1.91. The first-order valence-corrected chi connectivity index (χ1v) is 5.54. The fourth-order valence-electron chi connectivity index (χ4n) is 1.25. The highest BCUT2D eigenvalue weighted by atomic mass is 16.5. The molecule has 0 aromatic carbocycles. The minimum absolute atomic E-state index is 0.345. The van der Waals surface area contributed by atoms with Crippen LogP contribution in [0, 0.1) is 6.92 Å². The second-order valence-electron chi connectivity index (χ2n) is 3.42. The molecule has 1 rings (SSSR count). The standard InChI is InChI=1S/C12H17N3O2/c1-4-6-7-13-12-14-8-10(9(3)15-12)11(16)17-5-2/h4,8H,1,5-7H2,2-3H3,(H,13,14,15). The van der Waals surface area contributed by atoms with Gasteiger partial charge in [-0.1, -0.05) is 6.08 Å². The van der Waals surface area contributed by atoms with Gasteiger partial charge in [-0.05, 0) is 20.3 Å². The molecule has 0 amide bonds. The Kier molecular flexibility index (Phi) is 5.13. The molecule has 0 atom stereocenters. The predicted octanol–water partition coefficient (Wildman–Crippen LogP) is 1.95.